The average Bonchev–Trinajstić information content (AvgIpc) is 2.79. The number of allylic oxidation sites excluding steroid dienone is 1. The molecule has 0 bridgehead atoms. The molecule has 0 aliphatic carbocycles. The zero-order chi connectivity index (χ0) is 22.7. The smallest absolute Gasteiger partial charge is 0.157 e. The molecule has 6 heteroatoms. The molecule has 32 heavy (non-hydrogen) atoms. The summed E-state index contributed by atoms with van der Waals surface area (Å²) in [4.78, 5) is 0. The summed E-state index contributed by atoms with van der Waals surface area (Å²) < 4.78 is 5.82. The Hall–Kier alpha value is -2.67. The van der Waals surface area contributed by atoms with Crippen LogP contribution in [0.1, 0.15) is 16.7 Å². The number of halogens is 4. The van der Waals surface area contributed by atoms with E-state index in [9.17, 15) is 5.26 Å². The molecule has 158 valence electrons. The van der Waals surface area contributed by atoms with Crippen LogP contribution in [0.2, 0.25) is 20.1 Å². The van der Waals surface area contributed by atoms with Crippen LogP contribution in [0.15, 0.2) is 72.8 Å². The molecule has 0 heterocycles. The molecule has 0 saturated carbocycles. The molecule has 4 rings (SSSR count). The minimum atomic E-state index is 0.228. The molecule has 0 amide bonds. The van der Waals surface area contributed by atoms with Gasteiger partial charge >= 0.3 is 0 Å². The molecule has 0 atom stereocenters. The highest BCUT2D eigenvalue weighted by atomic mass is 35.5. The fraction of sp³-hybridized carbons (Fsp3) is 0.0385. The standard InChI is InChI=1S/C26H15Cl4NO/c27-22-8-5-16(10-23(22)28)15-32-26-24(29)11-17(12-25(26)30)9-21(14-31)20-7-6-18-3-1-2-4-19(18)13-20/h1-13H,15H2. The van der Waals surface area contributed by atoms with Crippen molar-refractivity contribution >= 4 is 68.8 Å². The molecule has 4 aromatic rings. The van der Waals surface area contributed by atoms with Gasteiger partial charge in [-0.25, -0.2) is 0 Å². The van der Waals surface area contributed by atoms with Crippen LogP contribution in [0.4, 0.5) is 0 Å². The van der Waals surface area contributed by atoms with E-state index < -0.39 is 0 Å². The monoisotopic (exact) mass is 497 g/mol. The van der Waals surface area contributed by atoms with E-state index in [-0.39, 0.29) is 6.61 Å². The van der Waals surface area contributed by atoms with E-state index in [0.29, 0.717) is 37.0 Å². The van der Waals surface area contributed by atoms with Crippen molar-refractivity contribution in [2.75, 3.05) is 0 Å². The van der Waals surface area contributed by atoms with Gasteiger partial charge in [-0.05, 0) is 63.9 Å². The van der Waals surface area contributed by atoms with E-state index in [4.69, 9.17) is 51.1 Å². The lowest BCUT2D eigenvalue weighted by Crippen LogP contribution is -1.97. The zero-order valence-electron chi connectivity index (χ0n) is 16.6. The average molecular weight is 499 g/mol. The highest BCUT2D eigenvalue weighted by Crippen LogP contribution is 2.36. The van der Waals surface area contributed by atoms with E-state index in [2.05, 4.69) is 6.07 Å². The van der Waals surface area contributed by atoms with Gasteiger partial charge in [0.05, 0.1) is 31.7 Å². The van der Waals surface area contributed by atoms with Gasteiger partial charge in [-0.15, -0.1) is 0 Å². The van der Waals surface area contributed by atoms with Crippen molar-refractivity contribution in [1.82, 2.24) is 0 Å². The van der Waals surface area contributed by atoms with E-state index in [1.165, 1.54) is 0 Å². The minimum absolute atomic E-state index is 0.228. The number of benzene rings is 4. The van der Waals surface area contributed by atoms with E-state index >= 15 is 0 Å². The third-order valence-corrected chi connectivity index (χ3v) is 6.18. The third-order valence-electron chi connectivity index (χ3n) is 4.88. The van der Waals surface area contributed by atoms with Crippen molar-refractivity contribution in [3.05, 3.63) is 110 Å². The predicted octanol–water partition coefficient (Wildman–Crippen LogP) is 9.10. The summed E-state index contributed by atoms with van der Waals surface area (Å²) in [7, 11) is 0. The number of nitriles is 1. The summed E-state index contributed by atoms with van der Waals surface area (Å²) >= 11 is 24.9. The Bertz CT molecular complexity index is 1370. The molecule has 0 spiro atoms. The van der Waals surface area contributed by atoms with Crippen molar-refractivity contribution in [2.45, 2.75) is 6.61 Å². The van der Waals surface area contributed by atoms with Crippen LogP contribution in [0.5, 0.6) is 5.75 Å². The summed E-state index contributed by atoms with van der Waals surface area (Å²) in [6.07, 6.45) is 1.75. The number of hydrogen-bond donors (Lipinski definition) is 0. The molecular weight excluding hydrogens is 484 g/mol. The third kappa shape index (κ3) is 5.04. The van der Waals surface area contributed by atoms with Crippen LogP contribution in [-0.4, -0.2) is 0 Å². The van der Waals surface area contributed by atoms with Gasteiger partial charge < -0.3 is 4.74 Å². The highest BCUT2D eigenvalue weighted by molar-refractivity contribution is 6.42. The Morgan fingerprint density at radius 1 is 0.781 bits per heavy atom. The maximum Gasteiger partial charge on any atom is 0.157 e. The normalized spacial score (nSPS) is 11.4. The number of fused-ring (bicyclic) bond motifs is 1. The summed E-state index contributed by atoms with van der Waals surface area (Å²) in [5.41, 5.74) is 2.86. The van der Waals surface area contributed by atoms with Crippen LogP contribution >= 0.6 is 46.4 Å². The largest absolute Gasteiger partial charge is 0.486 e. The Labute approximate surface area is 206 Å². The van der Waals surface area contributed by atoms with Crippen LogP contribution < -0.4 is 4.74 Å². The lowest BCUT2D eigenvalue weighted by Gasteiger charge is -2.12. The second-order valence-electron chi connectivity index (χ2n) is 7.08. The molecule has 4 aromatic carbocycles. The SMILES string of the molecule is N#CC(=Cc1cc(Cl)c(OCc2ccc(Cl)c(Cl)c2)c(Cl)c1)c1ccc2ccccc2c1. The summed E-state index contributed by atoms with van der Waals surface area (Å²) in [6, 6.07) is 24.9. The van der Waals surface area contributed by atoms with Gasteiger partial charge in [0.15, 0.2) is 5.75 Å². The fourth-order valence-corrected chi connectivity index (χ4v) is 4.22. The van der Waals surface area contributed by atoms with Crippen molar-refractivity contribution in [3.63, 3.8) is 0 Å². The van der Waals surface area contributed by atoms with E-state index in [1.54, 1.807) is 30.3 Å². The maximum atomic E-state index is 9.73. The number of nitrogens with zero attached hydrogens (tertiary/aromatic N) is 1. The number of rotatable bonds is 5. The fourth-order valence-electron chi connectivity index (χ4n) is 3.29. The van der Waals surface area contributed by atoms with Gasteiger partial charge in [0.2, 0.25) is 0 Å². The van der Waals surface area contributed by atoms with Gasteiger partial charge in [-0.1, -0.05) is 88.9 Å². The Kier molecular flexibility index (Phi) is 6.94. The lowest BCUT2D eigenvalue weighted by atomic mass is 10.00. The molecule has 2 nitrogen and oxygen atoms in total. The predicted molar refractivity (Wildman–Crippen MR) is 135 cm³/mol. The molecule has 0 aliphatic rings. The van der Waals surface area contributed by atoms with Crippen molar-refractivity contribution < 1.29 is 4.74 Å². The summed E-state index contributed by atoms with van der Waals surface area (Å²) in [6.45, 7) is 0.228. The molecule has 0 saturated heterocycles. The van der Waals surface area contributed by atoms with Crippen molar-refractivity contribution in [2.24, 2.45) is 0 Å². The first-order valence-corrected chi connectivity index (χ1v) is 11.1. The molecule has 0 fully saturated rings. The lowest BCUT2D eigenvalue weighted by molar-refractivity contribution is 0.306. The zero-order valence-corrected chi connectivity index (χ0v) is 19.6. The summed E-state index contributed by atoms with van der Waals surface area (Å²) in [5.74, 6) is 0.362. The Morgan fingerprint density at radius 3 is 2.19 bits per heavy atom. The Balaban J connectivity index is 1.60. The minimum Gasteiger partial charge on any atom is -0.486 e. The summed E-state index contributed by atoms with van der Waals surface area (Å²) in [5, 5.41) is 13.5. The van der Waals surface area contributed by atoms with Gasteiger partial charge in [-0.3, -0.25) is 0 Å². The van der Waals surface area contributed by atoms with Crippen LogP contribution in [0, 0.1) is 11.3 Å². The number of ether oxygens (including phenoxy) is 1. The van der Waals surface area contributed by atoms with Gasteiger partial charge in [0.1, 0.15) is 6.61 Å². The maximum absolute atomic E-state index is 9.73. The molecular formula is C26H15Cl4NO. The van der Waals surface area contributed by atoms with E-state index in [0.717, 1.165) is 21.9 Å². The quantitative estimate of drug-likeness (QED) is 0.203. The molecule has 0 N–H and O–H groups in total. The van der Waals surface area contributed by atoms with Crippen LogP contribution in [0.25, 0.3) is 22.4 Å². The van der Waals surface area contributed by atoms with Crippen LogP contribution in [-0.2, 0) is 6.61 Å². The molecule has 0 radical (unpaired) electrons. The second-order valence-corrected chi connectivity index (χ2v) is 8.71. The number of hydrogen-bond acceptors (Lipinski definition) is 2. The second kappa shape index (κ2) is 9.86. The van der Waals surface area contributed by atoms with Gasteiger partial charge in [0, 0.05) is 0 Å². The van der Waals surface area contributed by atoms with Gasteiger partial charge in [-0.2, -0.15) is 5.26 Å². The van der Waals surface area contributed by atoms with Crippen molar-refractivity contribution in [3.8, 4) is 11.8 Å². The molecule has 0 unspecified atom stereocenters. The molecule has 0 aromatic heterocycles. The van der Waals surface area contributed by atoms with Crippen molar-refractivity contribution in [1.29, 1.82) is 5.26 Å². The molecule has 0 aliphatic heterocycles. The highest BCUT2D eigenvalue weighted by Gasteiger charge is 2.11. The van der Waals surface area contributed by atoms with Gasteiger partial charge in [0.25, 0.3) is 0 Å². The topological polar surface area (TPSA) is 33.0 Å². The first kappa shape index (κ1) is 22.5. The first-order chi connectivity index (χ1) is 15.4. The Morgan fingerprint density at radius 2 is 1.50 bits per heavy atom. The van der Waals surface area contributed by atoms with E-state index in [1.807, 2.05) is 48.5 Å². The first-order valence-electron chi connectivity index (χ1n) is 9.61. The van der Waals surface area contributed by atoms with Crippen LogP contribution in [0.3, 0.4) is 0 Å².